The maximum atomic E-state index is 11.7. The van der Waals surface area contributed by atoms with Crippen LogP contribution >= 0.6 is 27.5 Å². The van der Waals surface area contributed by atoms with E-state index in [1.807, 2.05) is 30.3 Å². The summed E-state index contributed by atoms with van der Waals surface area (Å²) < 4.78 is 0.651. The molecule has 0 aliphatic rings. The van der Waals surface area contributed by atoms with Gasteiger partial charge in [-0.1, -0.05) is 30.3 Å². The summed E-state index contributed by atoms with van der Waals surface area (Å²) in [6.45, 7) is 0.603. The molecule has 5 nitrogen and oxygen atoms in total. The van der Waals surface area contributed by atoms with Crippen molar-refractivity contribution in [2.45, 2.75) is 6.54 Å². The van der Waals surface area contributed by atoms with Gasteiger partial charge in [0.15, 0.2) is 0 Å². The molecule has 0 saturated carbocycles. The van der Waals surface area contributed by atoms with Gasteiger partial charge in [-0.3, -0.25) is 4.79 Å². The third-order valence-electron chi connectivity index (χ3n) is 2.46. The number of nitrogens with one attached hydrogen (secondary N) is 2. The first-order valence-corrected chi connectivity index (χ1v) is 7.05. The molecule has 0 spiro atoms. The SMILES string of the molecule is O=C(CNc1nc(Cl)ncc1Br)NCc1ccccc1. The molecule has 7 heteroatoms. The van der Waals surface area contributed by atoms with Crippen molar-refractivity contribution in [2.24, 2.45) is 0 Å². The molecule has 0 radical (unpaired) electrons. The lowest BCUT2D eigenvalue weighted by atomic mass is 10.2. The molecule has 2 aromatic rings. The zero-order valence-electron chi connectivity index (χ0n) is 10.4. The van der Waals surface area contributed by atoms with Crippen LogP contribution in [0.5, 0.6) is 0 Å². The molecular formula is C13H12BrClN4O. The predicted molar refractivity (Wildman–Crippen MR) is 81.5 cm³/mol. The molecule has 1 aromatic heterocycles. The van der Waals surface area contributed by atoms with Crippen molar-refractivity contribution in [3.05, 3.63) is 51.8 Å². The molecule has 1 aromatic carbocycles. The lowest BCUT2D eigenvalue weighted by Crippen LogP contribution is -2.29. The molecule has 1 amide bonds. The Morgan fingerprint density at radius 3 is 2.80 bits per heavy atom. The van der Waals surface area contributed by atoms with Crippen molar-refractivity contribution in [3.63, 3.8) is 0 Å². The molecule has 1 heterocycles. The molecule has 0 bridgehead atoms. The molecule has 2 rings (SSSR count). The molecule has 0 aliphatic heterocycles. The molecule has 0 atom stereocenters. The van der Waals surface area contributed by atoms with Crippen LogP contribution in [0.3, 0.4) is 0 Å². The van der Waals surface area contributed by atoms with Gasteiger partial charge in [0.05, 0.1) is 11.0 Å². The lowest BCUT2D eigenvalue weighted by Gasteiger charge is -2.08. The Kier molecular flexibility index (Phi) is 5.31. The van der Waals surface area contributed by atoms with Crippen molar-refractivity contribution >= 4 is 39.3 Å². The zero-order chi connectivity index (χ0) is 14.4. The van der Waals surface area contributed by atoms with E-state index in [1.54, 1.807) is 0 Å². The van der Waals surface area contributed by atoms with Crippen LogP contribution in [0.2, 0.25) is 5.28 Å². The van der Waals surface area contributed by atoms with Gasteiger partial charge < -0.3 is 10.6 Å². The van der Waals surface area contributed by atoms with Gasteiger partial charge in [-0.15, -0.1) is 0 Å². The van der Waals surface area contributed by atoms with E-state index in [-0.39, 0.29) is 17.7 Å². The Hall–Kier alpha value is -1.66. The van der Waals surface area contributed by atoms with E-state index in [4.69, 9.17) is 11.6 Å². The van der Waals surface area contributed by atoms with Crippen LogP contribution < -0.4 is 10.6 Å². The van der Waals surface area contributed by atoms with E-state index in [1.165, 1.54) is 6.20 Å². The fraction of sp³-hybridized carbons (Fsp3) is 0.154. The summed E-state index contributed by atoms with van der Waals surface area (Å²) in [4.78, 5) is 19.5. The molecule has 0 aliphatic carbocycles. The monoisotopic (exact) mass is 354 g/mol. The molecule has 0 saturated heterocycles. The van der Waals surface area contributed by atoms with E-state index >= 15 is 0 Å². The average molecular weight is 356 g/mol. The standard InChI is InChI=1S/C13H12BrClN4O/c14-10-7-18-13(15)19-12(10)17-8-11(20)16-6-9-4-2-1-3-5-9/h1-5,7H,6,8H2,(H,16,20)(H,17,18,19). The summed E-state index contributed by atoms with van der Waals surface area (Å²) in [5.41, 5.74) is 1.05. The van der Waals surface area contributed by atoms with Gasteiger partial charge in [0, 0.05) is 12.7 Å². The maximum Gasteiger partial charge on any atom is 0.239 e. The number of amides is 1. The van der Waals surface area contributed by atoms with E-state index in [9.17, 15) is 4.79 Å². The van der Waals surface area contributed by atoms with Crippen molar-refractivity contribution < 1.29 is 4.79 Å². The minimum absolute atomic E-state index is 0.110. The highest BCUT2D eigenvalue weighted by Crippen LogP contribution is 2.19. The van der Waals surface area contributed by atoms with Crippen molar-refractivity contribution in [2.75, 3.05) is 11.9 Å². The van der Waals surface area contributed by atoms with Gasteiger partial charge in [0.2, 0.25) is 11.2 Å². The Morgan fingerprint density at radius 1 is 1.30 bits per heavy atom. The second kappa shape index (κ2) is 7.21. The fourth-order valence-corrected chi connectivity index (χ4v) is 1.96. The Bertz CT molecular complexity index is 594. The van der Waals surface area contributed by atoms with Crippen molar-refractivity contribution in [1.82, 2.24) is 15.3 Å². The van der Waals surface area contributed by atoms with Crippen LogP contribution in [-0.2, 0) is 11.3 Å². The highest BCUT2D eigenvalue weighted by atomic mass is 79.9. The second-order valence-electron chi connectivity index (χ2n) is 3.95. The number of anilines is 1. The summed E-state index contributed by atoms with van der Waals surface area (Å²) >= 11 is 8.97. The van der Waals surface area contributed by atoms with E-state index in [0.717, 1.165) is 5.56 Å². The number of hydrogen-bond donors (Lipinski definition) is 2. The number of aromatic nitrogens is 2. The van der Waals surface area contributed by atoms with E-state index < -0.39 is 0 Å². The molecule has 104 valence electrons. The van der Waals surface area contributed by atoms with Crippen LogP contribution in [0.4, 0.5) is 5.82 Å². The normalized spacial score (nSPS) is 10.1. The van der Waals surface area contributed by atoms with E-state index in [0.29, 0.717) is 16.8 Å². The maximum absolute atomic E-state index is 11.7. The highest BCUT2D eigenvalue weighted by molar-refractivity contribution is 9.10. The number of hydrogen-bond acceptors (Lipinski definition) is 4. The first kappa shape index (κ1) is 14.7. The summed E-state index contributed by atoms with van der Waals surface area (Å²) in [6.07, 6.45) is 1.53. The summed E-state index contributed by atoms with van der Waals surface area (Å²) in [5.74, 6) is 0.357. The lowest BCUT2D eigenvalue weighted by molar-refractivity contribution is -0.119. The minimum Gasteiger partial charge on any atom is -0.360 e. The predicted octanol–water partition coefficient (Wildman–Crippen LogP) is 2.62. The third-order valence-corrected chi connectivity index (χ3v) is 3.23. The Labute approximate surface area is 129 Å². The third kappa shape index (κ3) is 4.47. The number of halogens is 2. The fourth-order valence-electron chi connectivity index (χ4n) is 1.49. The van der Waals surface area contributed by atoms with Crippen LogP contribution in [0.1, 0.15) is 5.56 Å². The average Bonchev–Trinajstić information content (AvgIpc) is 2.47. The Morgan fingerprint density at radius 2 is 2.05 bits per heavy atom. The van der Waals surface area contributed by atoms with Gasteiger partial charge in [0.1, 0.15) is 5.82 Å². The summed E-state index contributed by atoms with van der Waals surface area (Å²) in [5, 5.41) is 5.83. The van der Waals surface area contributed by atoms with E-state index in [2.05, 4.69) is 36.5 Å². The number of carbonyl (C=O) groups excluding carboxylic acids is 1. The first-order valence-electron chi connectivity index (χ1n) is 5.87. The molecule has 0 fully saturated rings. The van der Waals surface area contributed by atoms with Crippen LogP contribution in [0, 0.1) is 0 Å². The summed E-state index contributed by atoms with van der Waals surface area (Å²) in [6, 6.07) is 9.70. The van der Waals surface area contributed by atoms with Crippen LogP contribution in [-0.4, -0.2) is 22.4 Å². The number of carbonyl (C=O) groups is 1. The van der Waals surface area contributed by atoms with Crippen molar-refractivity contribution in [1.29, 1.82) is 0 Å². The van der Waals surface area contributed by atoms with Gasteiger partial charge >= 0.3 is 0 Å². The molecule has 20 heavy (non-hydrogen) atoms. The first-order chi connectivity index (χ1) is 9.65. The minimum atomic E-state index is -0.129. The van der Waals surface area contributed by atoms with Gasteiger partial charge in [0.25, 0.3) is 0 Å². The topological polar surface area (TPSA) is 66.9 Å². The van der Waals surface area contributed by atoms with Crippen LogP contribution in [0.15, 0.2) is 41.0 Å². The van der Waals surface area contributed by atoms with Gasteiger partial charge in [-0.2, -0.15) is 4.98 Å². The largest absolute Gasteiger partial charge is 0.360 e. The highest BCUT2D eigenvalue weighted by Gasteiger charge is 2.06. The molecular weight excluding hydrogens is 344 g/mol. The molecule has 2 N–H and O–H groups in total. The molecule has 0 unspecified atom stereocenters. The Balaban J connectivity index is 1.82. The second-order valence-corrected chi connectivity index (χ2v) is 5.14. The number of rotatable bonds is 5. The van der Waals surface area contributed by atoms with Gasteiger partial charge in [-0.25, -0.2) is 4.98 Å². The number of benzene rings is 1. The smallest absolute Gasteiger partial charge is 0.239 e. The van der Waals surface area contributed by atoms with Crippen molar-refractivity contribution in [3.8, 4) is 0 Å². The van der Waals surface area contributed by atoms with Crippen LogP contribution in [0.25, 0.3) is 0 Å². The summed E-state index contributed by atoms with van der Waals surface area (Å²) in [7, 11) is 0. The quantitative estimate of drug-likeness (QED) is 0.809. The van der Waals surface area contributed by atoms with Gasteiger partial charge in [-0.05, 0) is 33.1 Å². The zero-order valence-corrected chi connectivity index (χ0v) is 12.8. The number of nitrogens with zero attached hydrogens (tertiary/aromatic N) is 2.